The third-order valence-electron chi connectivity index (χ3n) is 8.06. The Labute approximate surface area is 245 Å². The van der Waals surface area contributed by atoms with Gasteiger partial charge in [-0.25, -0.2) is 0 Å². The fraction of sp³-hybridized carbons (Fsp3) is 0.765. The number of hydrogen-bond donors (Lipinski definition) is 1. The molecule has 6 heteroatoms. The average Bonchev–Trinajstić information content (AvgIpc) is 3.48. The normalized spacial score (nSPS) is 15.1. The third kappa shape index (κ3) is 14.5. The van der Waals surface area contributed by atoms with Gasteiger partial charge in [0, 0.05) is 19.4 Å². The molecule has 228 valence electrons. The van der Waals surface area contributed by atoms with Crippen molar-refractivity contribution in [2.45, 2.75) is 142 Å². The van der Waals surface area contributed by atoms with E-state index in [1.54, 1.807) is 7.11 Å². The molecule has 0 saturated carbocycles. The van der Waals surface area contributed by atoms with Crippen LogP contribution in [0.4, 0.5) is 0 Å². The number of esters is 1. The summed E-state index contributed by atoms with van der Waals surface area (Å²) in [7, 11) is 1.65. The molecular weight excluding hydrogens is 500 g/mol. The molecule has 1 amide bonds. The highest BCUT2D eigenvalue weighted by molar-refractivity contribution is 5.76. The predicted octanol–water partition coefficient (Wildman–Crippen LogP) is 8.14. The van der Waals surface area contributed by atoms with Gasteiger partial charge in [-0.15, -0.1) is 0 Å². The zero-order valence-corrected chi connectivity index (χ0v) is 25.9. The minimum atomic E-state index is -0.526. The lowest BCUT2D eigenvalue weighted by Crippen LogP contribution is -2.47. The molecule has 2 unspecified atom stereocenters. The van der Waals surface area contributed by atoms with Crippen molar-refractivity contribution in [1.82, 2.24) is 10.2 Å². The lowest BCUT2D eigenvalue weighted by molar-refractivity contribution is -0.152. The molecule has 1 aliphatic heterocycles. The van der Waals surface area contributed by atoms with E-state index in [1.807, 2.05) is 24.3 Å². The van der Waals surface area contributed by atoms with E-state index in [1.165, 1.54) is 77.0 Å². The molecule has 1 aliphatic rings. The van der Waals surface area contributed by atoms with Crippen LogP contribution in [0.3, 0.4) is 0 Å². The number of carbonyl (C=O) groups is 2. The van der Waals surface area contributed by atoms with E-state index in [2.05, 4.69) is 24.1 Å². The van der Waals surface area contributed by atoms with Crippen LogP contribution in [0.5, 0.6) is 5.75 Å². The summed E-state index contributed by atoms with van der Waals surface area (Å²) in [5.74, 6) is 0.637. The number of rotatable bonds is 23. The van der Waals surface area contributed by atoms with Gasteiger partial charge in [-0.2, -0.15) is 0 Å². The highest BCUT2D eigenvalue weighted by Crippen LogP contribution is 2.27. The zero-order chi connectivity index (χ0) is 28.8. The van der Waals surface area contributed by atoms with Crippen molar-refractivity contribution in [2.75, 3.05) is 26.7 Å². The summed E-state index contributed by atoms with van der Waals surface area (Å²) in [5.41, 5.74) is 0.897. The van der Waals surface area contributed by atoms with Gasteiger partial charge in [0.1, 0.15) is 11.9 Å². The van der Waals surface area contributed by atoms with E-state index in [0.29, 0.717) is 19.4 Å². The van der Waals surface area contributed by atoms with Gasteiger partial charge in [0.2, 0.25) is 5.91 Å². The van der Waals surface area contributed by atoms with Crippen LogP contribution >= 0.6 is 0 Å². The number of benzene rings is 1. The fourth-order valence-electron chi connectivity index (χ4n) is 5.59. The monoisotopic (exact) mass is 558 g/mol. The largest absolute Gasteiger partial charge is 0.497 e. The van der Waals surface area contributed by atoms with Crippen molar-refractivity contribution in [2.24, 2.45) is 0 Å². The van der Waals surface area contributed by atoms with E-state index in [0.717, 1.165) is 50.1 Å². The molecule has 1 heterocycles. The number of hydrogen-bond acceptors (Lipinski definition) is 5. The number of methoxy groups -OCH3 is 1. The van der Waals surface area contributed by atoms with Gasteiger partial charge in [-0.3, -0.25) is 9.59 Å². The molecule has 1 N–H and O–H groups in total. The maximum Gasteiger partial charge on any atom is 0.306 e. The summed E-state index contributed by atoms with van der Waals surface area (Å²) in [6.07, 6.45) is 19.1. The first-order valence-electron chi connectivity index (χ1n) is 16.4. The van der Waals surface area contributed by atoms with Crippen molar-refractivity contribution in [3.05, 3.63) is 29.8 Å². The summed E-state index contributed by atoms with van der Waals surface area (Å²) in [6, 6.07) is 7.44. The molecule has 0 bridgehead atoms. The second-order valence-corrected chi connectivity index (χ2v) is 11.6. The Morgan fingerprint density at radius 1 is 0.775 bits per heavy atom. The Morgan fingerprint density at radius 2 is 1.30 bits per heavy atom. The number of nitrogens with one attached hydrogen (secondary N) is 1. The number of amides is 1. The average molecular weight is 559 g/mol. The second kappa shape index (κ2) is 21.6. The maximum absolute atomic E-state index is 13.1. The lowest BCUT2D eigenvalue weighted by Gasteiger charge is -2.31. The SMILES string of the molecule is CCCCCCCCCC(=O)NC(CN1CCCC1)C(OC(=O)CCCCCCCCC)c1ccc(OC)cc1. The number of likely N-dealkylation sites (tertiary alicyclic amines) is 1. The van der Waals surface area contributed by atoms with Gasteiger partial charge in [0.15, 0.2) is 0 Å². The molecule has 1 aromatic carbocycles. The molecule has 0 aliphatic carbocycles. The molecule has 1 aromatic rings. The van der Waals surface area contributed by atoms with Crippen molar-refractivity contribution in [3.63, 3.8) is 0 Å². The highest BCUT2D eigenvalue weighted by atomic mass is 16.5. The van der Waals surface area contributed by atoms with Crippen LogP contribution in [0.1, 0.15) is 141 Å². The molecule has 6 nitrogen and oxygen atoms in total. The van der Waals surface area contributed by atoms with Gasteiger partial charge in [-0.05, 0) is 56.5 Å². The standard InChI is InChI=1S/C34H58N2O4/c1-4-6-8-10-12-14-16-20-32(37)35-31(28-36-26-18-19-27-36)34(29-22-24-30(39-3)25-23-29)40-33(38)21-17-15-13-11-9-7-5-2/h22-25,31,34H,4-21,26-28H2,1-3H3,(H,35,37). The van der Waals surface area contributed by atoms with Crippen LogP contribution in [0, 0.1) is 0 Å². The van der Waals surface area contributed by atoms with E-state index in [-0.39, 0.29) is 17.9 Å². The van der Waals surface area contributed by atoms with Crippen molar-refractivity contribution in [1.29, 1.82) is 0 Å². The summed E-state index contributed by atoms with van der Waals surface area (Å²) < 4.78 is 11.6. The smallest absolute Gasteiger partial charge is 0.306 e. The van der Waals surface area contributed by atoms with Gasteiger partial charge < -0.3 is 19.7 Å². The Morgan fingerprint density at radius 3 is 1.85 bits per heavy atom. The van der Waals surface area contributed by atoms with E-state index >= 15 is 0 Å². The first-order chi connectivity index (χ1) is 19.6. The number of nitrogens with zero attached hydrogens (tertiary/aromatic N) is 1. The summed E-state index contributed by atoms with van der Waals surface area (Å²) in [6.45, 7) is 7.18. The molecule has 1 fully saturated rings. The minimum absolute atomic E-state index is 0.0550. The van der Waals surface area contributed by atoms with Crippen molar-refractivity contribution in [3.8, 4) is 5.75 Å². The molecule has 0 aromatic heterocycles. The van der Waals surface area contributed by atoms with Gasteiger partial charge in [0.05, 0.1) is 13.2 Å². The van der Waals surface area contributed by atoms with Crippen LogP contribution in [-0.2, 0) is 14.3 Å². The van der Waals surface area contributed by atoms with E-state index in [4.69, 9.17) is 9.47 Å². The van der Waals surface area contributed by atoms with Gasteiger partial charge in [0.25, 0.3) is 0 Å². The predicted molar refractivity (Wildman–Crippen MR) is 165 cm³/mol. The Balaban J connectivity index is 2.02. The number of ether oxygens (including phenoxy) is 2. The van der Waals surface area contributed by atoms with Crippen LogP contribution in [-0.4, -0.2) is 49.6 Å². The molecule has 0 spiro atoms. The van der Waals surface area contributed by atoms with E-state index < -0.39 is 6.10 Å². The molecular formula is C34H58N2O4. The second-order valence-electron chi connectivity index (χ2n) is 11.6. The lowest BCUT2D eigenvalue weighted by atomic mass is 10.00. The van der Waals surface area contributed by atoms with Crippen LogP contribution in [0.15, 0.2) is 24.3 Å². The molecule has 1 saturated heterocycles. The molecule has 0 radical (unpaired) electrons. The van der Waals surface area contributed by atoms with Crippen LogP contribution in [0.25, 0.3) is 0 Å². The van der Waals surface area contributed by atoms with Crippen LogP contribution in [0.2, 0.25) is 0 Å². The molecule has 40 heavy (non-hydrogen) atoms. The zero-order valence-electron chi connectivity index (χ0n) is 25.9. The van der Waals surface area contributed by atoms with Crippen molar-refractivity contribution < 1.29 is 19.1 Å². The fourth-order valence-corrected chi connectivity index (χ4v) is 5.59. The van der Waals surface area contributed by atoms with Crippen LogP contribution < -0.4 is 10.1 Å². The van der Waals surface area contributed by atoms with E-state index in [9.17, 15) is 9.59 Å². The van der Waals surface area contributed by atoms with Crippen molar-refractivity contribution >= 4 is 11.9 Å². The minimum Gasteiger partial charge on any atom is -0.497 e. The van der Waals surface area contributed by atoms with Gasteiger partial charge >= 0.3 is 5.97 Å². The molecule has 2 atom stereocenters. The summed E-state index contributed by atoms with van der Waals surface area (Å²) >= 11 is 0. The number of unbranched alkanes of at least 4 members (excludes halogenated alkanes) is 12. The Hall–Kier alpha value is -2.08. The quantitative estimate of drug-likeness (QED) is 0.108. The topological polar surface area (TPSA) is 67.9 Å². The summed E-state index contributed by atoms with van der Waals surface area (Å²) in [5, 5.41) is 3.29. The van der Waals surface area contributed by atoms with Gasteiger partial charge in [-0.1, -0.05) is 103 Å². The first-order valence-corrected chi connectivity index (χ1v) is 16.4. The first kappa shape index (κ1) is 34.1. The summed E-state index contributed by atoms with van der Waals surface area (Å²) in [4.78, 5) is 28.6. The Bertz CT molecular complexity index is 792. The Kier molecular flexibility index (Phi) is 18.5. The maximum atomic E-state index is 13.1. The molecule has 2 rings (SSSR count). The third-order valence-corrected chi connectivity index (χ3v) is 8.06. The number of carbonyl (C=O) groups excluding carboxylic acids is 2. The highest BCUT2D eigenvalue weighted by Gasteiger charge is 2.31.